The van der Waals surface area contributed by atoms with Gasteiger partial charge in [0.2, 0.25) is 11.9 Å². The van der Waals surface area contributed by atoms with Crippen LogP contribution in [0.1, 0.15) is 52.4 Å². The fourth-order valence-corrected chi connectivity index (χ4v) is 4.12. The molecule has 0 radical (unpaired) electrons. The Balaban J connectivity index is 2.33. The van der Waals surface area contributed by atoms with Gasteiger partial charge >= 0.3 is 0 Å². The van der Waals surface area contributed by atoms with E-state index in [1.807, 2.05) is 13.8 Å². The Morgan fingerprint density at radius 3 is 2.41 bits per heavy atom. The van der Waals surface area contributed by atoms with Crippen molar-refractivity contribution >= 4 is 18.6 Å². The van der Waals surface area contributed by atoms with Crippen LogP contribution in [0.2, 0.25) is 0 Å². The van der Waals surface area contributed by atoms with Crippen LogP contribution in [0.3, 0.4) is 0 Å². The third-order valence-electron chi connectivity index (χ3n) is 5.99. The van der Waals surface area contributed by atoms with Crippen LogP contribution in [0, 0.1) is 5.92 Å². The number of aliphatic imine (C=N–C) groups is 3. The Morgan fingerprint density at radius 1 is 1.19 bits per heavy atom. The van der Waals surface area contributed by atoms with Crippen molar-refractivity contribution < 1.29 is 19.3 Å². The van der Waals surface area contributed by atoms with E-state index in [0.717, 1.165) is 55.4 Å². The second kappa shape index (κ2) is 13.5. The molecule has 0 aromatic rings. The number of hydrogen-bond donors (Lipinski definition) is 2. The van der Waals surface area contributed by atoms with Crippen LogP contribution in [0.4, 0.5) is 0 Å². The summed E-state index contributed by atoms with van der Waals surface area (Å²) in [5.74, 6) is 1.23. The van der Waals surface area contributed by atoms with Gasteiger partial charge in [-0.2, -0.15) is 0 Å². The monoisotopic (exact) mass is 448 g/mol. The lowest BCUT2D eigenvalue weighted by Crippen LogP contribution is -2.32. The number of nitrogens with one attached hydrogen (secondary N) is 1. The smallest absolute Gasteiger partial charge is 0.222 e. The average molecular weight is 449 g/mol. The minimum absolute atomic E-state index is 0.0733. The molecule has 1 saturated heterocycles. The molecule has 0 aromatic heterocycles. The van der Waals surface area contributed by atoms with Crippen molar-refractivity contribution in [2.75, 3.05) is 34.0 Å². The Labute approximate surface area is 192 Å². The number of aliphatic hydroxyl groups is 1. The maximum atomic E-state index is 9.94. The molecule has 2 fully saturated rings. The standard InChI is InChI=1S/C24H40N4O4/c1-16(15-30-6)27-24(26-5)28-22(17(2)19-7-9-20(29)10-8-19)18(3)23(25-4)32-21-11-13-31-14-12-21/h16,19-21,29H,2,5,7-15H2,1,3-4,6H3,(H,27,28)/b22-18+,25-23?/t16-,19?,20?/m1/s1. The van der Waals surface area contributed by atoms with E-state index in [4.69, 9.17) is 14.2 Å². The van der Waals surface area contributed by atoms with Crippen LogP contribution < -0.4 is 5.32 Å². The van der Waals surface area contributed by atoms with Gasteiger partial charge in [0, 0.05) is 32.6 Å². The number of hydrogen-bond acceptors (Lipinski definition) is 6. The number of nitrogens with zero attached hydrogens (tertiary/aromatic N) is 3. The SMILES string of the molecule is C=NC(=N[C@H](C)COC)N/C(C(=C)C1CCC(O)CC1)=C(\C)C(=NC)OC1CCOCC1. The van der Waals surface area contributed by atoms with Gasteiger partial charge in [0.15, 0.2) is 0 Å². The molecule has 0 aromatic carbocycles. The maximum Gasteiger partial charge on any atom is 0.222 e. The van der Waals surface area contributed by atoms with Crippen molar-refractivity contribution in [3.63, 3.8) is 0 Å². The normalized spacial score (nSPS) is 25.0. The predicted octanol–water partition coefficient (Wildman–Crippen LogP) is 3.27. The lowest BCUT2D eigenvalue weighted by Gasteiger charge is -2.30. The zero-order valence-electron chi connectivity index (χ0n) is 20.1. The maximum absolute atomic E-state index is 9.94. The van der Waals surface area contributed by atoms with E-state index >= 15 is 0 Å². The Morgan fingerprint density at radius 2 is 1.84 bits per heavy atom. The van der Waals surface area contributed by atoms with Crippen LogP contribution >= 0.6 is 0 Å². The highest BCUT2D eigenvalue weighted by Crippen LogP contribution is 2.33. The van der Waals surface area contributed by atoms with Crippen molar-refractivity contribution in [2.45, 2.75) is 70.6 Å². The summed E-state index contributed by atoms with van der Waals surface area (Å²) in [4.78, 5) is 13.1. The minimum Gasteiger partial charge on any atom is -0.474 e. The lowest BCUT2D eigenvalue weighted by molar-refractivity contribution is 0.0204. The molecule has 2 N–H and O–H groups in total. The number of aliphatic hydroxyl groups excluding tert-OH is 1. The molecule has 0 unspecified atom stereocenters. The predicted molar refractivity (Wildman–Crippen MR) is 130 cm³/mol. The van der Waals surface area contributed by atoms with Crippen LogP contribution in [0.15, 0.2) is 38.4 Å². The highest BCUT2D eigenvalue weighted by molar-refractivity contribution is 5.96. The molecule has 0 bridgehead atoms. The van der Waals surface area contributed by atoms with Gasteiger partial charge in [0.1, 0.15) is 6.10 Å². The Hall–Kier alpha value is -2.03. The van der Waals surface area contributed by atoms with Gasteiger partial charge in [0.25, 0.3) is 0 Å². The zero-order chi connectivity index (χ0) is 23.5. The molecule has 0 amide bonds. The van der Waals surface area contributed by atoms with Crippen LogP contribution in [0.5, 0.6) is 0 Å². The highest BCUT2D eigenvalue weighted by Gasteiger charge is 2.27. The van der Waals surface area contributed by atoms with Gasteiger partial charge in [-0.15, -0.1) is 0 Å². The van der Waals surface area contributed by atoms with Crippen molar-refractivity contribution in [3.05, 3.63) is 23.4 Å². The van der Waals surface area contributed by atoms with Crippen molar-refractivity contribution in [1.82, 2.24) is 5.32 Å². The zero-order valence-corrected chi connectivity index (χ0v) is 20.1. The summed E-state index contributed by atoms with van der Waals surface area (Å²) in [5, 5.41) is 13.3. The van der Waals surface area contributed by atoms with E-state index in [2.05, 4.69) is 33.6 Å². The molecule has 8 nitrogen and oxygen atoms in total. The highest BCUT2D eigenvalue weighted by atomic mass is 16.5. The summed E-state index contributed by atoms with van der Waals surface area (Å²) < 4.78 is 16.9. The molecule has 2 aliphatic rings. The second-order valence-corrected chi connectivity index (χ2v) is 8.53. The van der Waals surface area contributed by atoms with Gasteiger partial charge in [-0.1, -0.05) is 6.58 Å². The Kier molecular flexibility index (Phi) is 11.1. The topological polar surface area (TPSA) is 97.0 Å². The molecule has 1 aliphatic heterocycles. The molecular formula is C24H40N4O4. The molecule has 32 heavy (non-hydrogen) atoms. The number of ether oxygens (including phenoxy) is 3. The molecule has 1 aliphatic carbocycles. The minimum atomic E-state index is -0.230. The fraction of sp³-hybridized carbons (Fsp3) is 0.708. The first-order valence-electron chi connectivity index (χ1n) is 11.5. The van der Waals surface area contributed by atoms with Crippen molar-refractivity contribution in [1.29, 1.82) is 0 Å². The third kappa shape index (κ3) is 7.83. The molecule has 8 heteroatoms. The molecule has 1 heterocycles. The largest absolute Gasteiger partial charge is 0.474 e. The summed E-state index contributed by atoms with van der Waals surface area (Å²) in [6.07, 6.45) is 4.83. The van der Waals surface area contributed by atoms with E-state index in [0.29, 0.717) is 31.7 Å². The van der Waals surface area contributed by atoms with E-state index in [1.165, 1.54) is 0 Å². The van der Waals surface area contributed by atoms with E-state index in [9.17, 15) is 5.11 Å². The van der Waals surface area contributed by atoms with Crippen LogP contribution in [-0.4, -0.2) is 75.9 Å². The first-order valence-corrected chi connectivity index (χ1v) is 11.5. The summed E-state index contributed by atoms with van der Waals surface area (Å²) >= 11 is 0. The van der Waals surface area contributed by atoms with Gasteiger partial charge in [-0.05, 0) is 57.7 Å². The number of rotatable bonds is 8. The molecule has 0 spiro atoms. The average Bonchev–Trinajstić information content (AvgIpc) is 2.80. The first kappa shape index (κ1) is 26.2. The molecule has 1 atom stereocenters. The molecule has 1 saturated carbocycles. The molecule has 180 valence electrons. The summed E-state index contributed by atoms with van der Waals surface area (Å²) in [6, 6.07) is -0.0783. The quantitative estimate of drug-likeness (QED) is 0.337. The van der Waals surface area contributed by atoms with Crippen molar-refractivity contribution in [2.24, 2.45) is 20.9 Å². The summed E-state index contributed by atoms with van der Waals surface area (Å²) in [7, 11) is 3.38. The third-order valence-corrected chi connectivity index (χ3v) is 5.99. The van der Waals surface area contributed by atoms with E-state index < -0.39 is 0 Å². The van der Waals surface area contributed by atoms with E-state index in [-0.39, 0.29) is 24.2 Å². The van der Waals surface area contributed by atoms with Gasteiger partial charge in [-0.3, -0.25) is 4.99 Å². The van der Waals surface area contributed by atoms with Gasteiger partial charge in [-0.25, -0.2) is 9.98 Å². The van der Waals surface area contributed by atoms with Crippen LogP contribution in [-0.2, 0) is 14.2 Å². The molecule has 2 rings (SSSR count). The Bertz CT molecular complexity index is 718. The second-order valence-electron chi connectivity index (χ2n) is 8.53. The summed E-state index contributed by atoms with van der Waals surface area (Å²) in [5.41, 5.74) is 2.60. The number of guanidine groups is 1. The number of allylic oxidation sites excluding steroid dienone is 1. The van der Waals surface area contributed by atoms with Crippen molar-refractivity contribution in [3.8, 4) is 0 Å². The fourth-order valence-electron chi connectivity index (χ4n) is 4.12. The first-order chi connectivity index (χ1) is 15.4. The lowest BCUT2D eigenvalue weighted by atomic mass is 9.81. The van der Waals surface area contributed by atoms with E-state index in [1.54, 1.807) is 14.2 Å². The van der Waals surface area contributed by atoms with Crippen LogP contribution in [0.25, 0.3) is 0 Å². The number of methoxy groups -OCH3 is 1. The van der Waals surface area contributed by atoms with Gasteiger partial charge in [0.05, 0.1) is 37.7 Å². The summed E-state index contributed by atoms with van der Waals surface area (Å²) in [6.45, 7) is 13.9. The van der Waals surface area contributed by atoms with Gasteiger partial charge < -0.3 is 24.6 Å². The molecular weight excluding hydrogens is 408 g/mol.